The number of piperidine rings is 2. The molecule has 0 spiro atoms. The van der Waals surface area contributed by atoms with E-state index in [2.05, 4.69) is 16.2 Å². The molecule has 0 aromatic heterocycles. The van der Waals surface area contributed by atoms with Crippen LogP contribution >= 0.6 is 0 Å². The summed E-state index contributed by atoms with van der Waals surface area (Å²) in [7, 11) is 0. The first kappa shape index (κ1) is 13.8. The largest absolute Gasteiger partial charge is 0.393 e. The number of likely N-dealkylation sites (tertiary alicyclic amines) is 2. The van der Waals surface area contributed by atoms with E-state index in [0.717, 1.165) is 58.4 Å². The number of primary amides is 1. The van der Waals surface area contributed by atoms with Crippen molar-refractivity contribution >= 4 is 5.91 Å². The fraction of sp³-hybridized carbons (Fsp3) is 0.846. The summed E-state index contributed by atoms with van der Waals surface area (Å²) in [6, 6.07) is -0.117. The molecular formula is C13H24N3O2. The summed E-state index contributed by atoms with van der Waals surface area (Å²) in [6.45, 7) is 4.73. The van der Waals surface area contributed by atoms with Crippen LogP contribution in [0, 0.1) is 6.42 Å². The lowest BCUT2D eigenvalue weighted by atomic mass is 10.0. The number of carbonyl (C=O) groups is 1. The van der Waals surface area contributed by atoms with Crippen LogP contribution < -0.4 is 5.73 Å². The van der Waals surface area contributed by atoms with Crippen molar-refractivity contribution in [2.45, 2.75) is 37.8 Å². The molecule has 0 aliphatic carbocycles. The molecule has 0 aromatic carbocycles. The van der Waals surface area contributed by atoms with Crippen molar-refractivity contribution in [2.24, 2.45) is 5.73 Å². The summed E-state index contributed by atoms with van der Waals surface area (Å²) in [5.41, 5.74) is 5.44. The first-order valence-electron chi connectivity index (χ1n) is 6.92. The summed E-state index contributed by atoms with van der Waals surface area (Å²) in [6.07, 6.45) is 5.60. The Morgan fingerprint density at radius 1 is 1.28 bits per heavy atom. The van der Waals surface area contributed by atoms with Crippen LogP contribution in [0.25, 0.3) is 0 Å². The minimum atomic E-state index is -0.208. The molecule has 1 radical (unpaired) electrons. The first-order valence-corrected chi connectivity index (χ1v) is 6.92. The molecule has 2 aliphatic rings. The van der Waals surface area contributed by atoms with Gasteiger partial charge in [0.05, 0.1) is 12.1 Å². The normalized spacial score (nSPS) is 28.4. The number of aliphatic hydroxyl groups excluding tert-OH is 1. The maximum Gasteiger partial charge on any atom is 0.234 e. The van der Waals surface area contributed by atoms with Crippen molar-refractivity contribution in [3.8, 4) is 0 Å². The molecule has 5 heteroatoms. The Balaban J connectivity index is 1.75. The van der Waals surface area contributed by atoms with Crippen molar-refractivity contribution in [1.82, 2.24) is 9.80 Å². The van der Waals surface area contributed by atoms with Crippen LogP contribution in [0.4, 0.5) is 0 Å². The fourth-order valence-electron chi connectivity index (χ4n) is 2.81. The van der Waals surface area contributed by atoms with Crippen LogP contribution in [0.1, 0.15) is 25.7 Å². The van der Waals surface area contributed by atoms with Gasteiger partial charge in [-0.25, -0.2) is 0 Å². The van der Waals surface area contributed by atoms with Gasteiger partial charge in [-0.2, -0.15) is 0 Å². The molecule has 2 heterocycles. The Morgan fingerprint density at radius 3 is 2.67 bits per heavy atom. The van der Waals surface area contributed by atoms with Gasteiger partial charge in [0.15, 0.2) is 0 Å². The van der Waals surface area contributed by atoms with E-state index < -0.39 is 0 Å². The highest BCUT2D eigenvalue weighted by atomic mass is 16.3. The number of rotatable bonds is 4. The van der Waals surface area contributed by atoms with Crippen LogP contribution in [-0.4, -0.2) is 65.7 Å². The Hall–Kier alpha value is -0.650. The number of nitrogens with two attached hydrogens (primary N) is 1. The van der Waals surface area contributed by atoms with Crippen molar-refractivity contribution in [3.63, 3.8) is 0 Å². The first-order chi connectivity index (χ1) is 8.66. The summed E-state index contributed by atoms with van der Waals surface area (Å²) >= 11 is 0. The van der Waals surface area contributed by atoms with Gasteiger partial charge in [0, 0.05) is 26.2 Å². The van der Waals surface area contributed by atoms with Crippen molar-refractivity contribution in [2.75, 3.05) is 32.7 Å². The summed E-state index contributed by atoms with van der Waals surface area (Å²) in [5.74, 6) is -0.208. The lowest BCUT2D eigenvalue weighted by molar-refractivity contribution is -0.123. The van der Waals surface area contributed by atoms with Crippen LogP contribution in [0.5, 0.6) is 0 Å². The van der Waals surface area contributed by atoms with Gasteiger partial charge < -0.3 is 15.7 Å². The maximum absolute atomic E-state index is 11.4. The zero-order valence-electron chi connectivity index (χ0n) is 10.9. The monoisotopic (exact) mass is 254 g/mol. The van der Waals surface area contributed by atoms with Crippen LogP contribution in [-0.2, 0) is 4.79 Å². The number of hydrogen-bond donors (Lipinski definition) is 2. The SMILES string of the molecule is NC(=O)C1C[CH]CCN1CCN1CCC(O)CC1. The van der Waals surface area contributed by atoms with Gasteiger partial charge in [0.25, 0.3) is 0 Å². The molecule has 18 heavy (non-hydrogen) atoms. The van der Waals surface area contributed by atoms with Gasteiger partial charge in [-0.05, 0) is 38.6 Å². The summed E-state index contributed by atoms with van der Waals surface area (Å²) in [5, 5.41) is 9.46. The smallest absolute Gasteiger partial charge is 0.234 e. The Morgan fingerprint density at radius 2 is 2.00 bits per heavy atom. The third-order valence-electron chi connectivity index (χ3n) is 4.04. The highest BCUT2D eigenvalue weighted by Gasteiger charge is 2.27. The average molecular weight is 254 g/mol. The molecule has 3 N–H and O–H groups in total. The molecule has 2 saturated heterocycles. The predicted molar refractivity (Wildman–Crippen MR) is 69.8 cm³/mol. The maximum atomic E-state index is 11.4. The fourth-order valence-corrected chi connectivity index (χ4v) is 2.81. The topological polar surface area (TPSA) is 69.8 Å². The number of aliphatic hydroxyl groups is 1. The second-order valence-electron chi connectivity index (χ2n) is 5.34. The summed E-state index contributed by atoms with van der Waals surface area (Å²) in [4.78, 5) is 15.9. The van der Waals surface area contributed by atoms with E-state index in [0.29, 0.717) is 0 Å². The van der Waals surface area contributed by atoms with Gasteiger partial charge in [0.2, 0.25) is 5.91 Å². The van der Waals surface area contributed by atoms with E-state index >= 15 is 0 Å². The van der Waals surface area contributed by atoms with Gasteiger partial charge in [-0.15, -0.1) is 0 Å². The Kier molecular flexibility index (Phi) is 4.97. The quantitative estimate of drug-likeness (QED) is 0.716. The Bertz CT molecular complexity index is 277. The van der Waals surface area contributed by atoms with Crippen LogP contribution in [0.3, 0.4) is 0 Å². The molecule has 1 atom stereocenters. The molecule has 2 fully saturated rings. The molecular weight excluding hydrogens is 230 g/mol. The van der Waals surface area contributed by atoms with E-state index in [9.17, 15) is 9.90 Å². The Labute approximate surface area is 109 Å². The van der Waals surface area contributed by atoms with Crippen molar-refractivity contribution < 1.29 is 9.90 Å². The minimum Gasteiger partial charge on any atom is -0.393 e. The summed E-state index contributed by atoms with van der Waals surface area (Å²) < 4.78 is 0. The van der Waals surface area contributed by atoms with Gasteiger partial charge >= 0.3 is 0 Å². The number of amides is 1. The molecule has 0 aromatic rings. The second-order valence-corrected chi connectivity index (χ2v) is 5.34. The number of hydrogen-bond acceptors (Lipinski definition) is 4. The number of nitrogens with zero attached hydrogens (tertiary/aromatic N) is 2. The standard InChI is InChI=1S/C13H24N3O2/c14-13(18)12-3-1-2-6-16(12)10-9-15-7-4-11(17)5-8-15/h1,11-12,17H,2-10H2,(H2,14,18). The molecule has 103 valence electrons. The third kappa shape index (κ3) is 3.67. The molecule has 2 aliphatic heterocycles. The third-order valence-corrected chi connectivity index (χ3v) is 4.04. The highest BCUT2D eigenvalue weighted by Crippen LogP contribution is 2.16. The lowest BCUT2D eigenvalue weighted by Gasteiger charge is -2.36. The van der Waals surface area contributed by atoms with Crippen molar-refractivity contribution in [1.29, 1.82) is 0 Å². The van der Waals surface area contributed by atoms with Gasteiger partial charge in [0.1, 0.15) is 0 Å². The van der Waals surface area contributed by atoms with Crippen molar-refractivity contribution in [3.05, 3.63) is 6.42 Å². The zero-order valence-corrected chi connectivity index (χ0v) is 10.9. The lowest BCUT2D eigenvalue weighted by Crippen LogP contribution is -2.50. The zero-order chi connectivity index (χ0) is 13.0. The van der Waals surface area contributed by atoms with E-state index in [1.807, 2.05) is 0 Å². The highest BCUT2D eigenvalue weighted by molar-refractivity contribution is 5.80. The van der Waals surface area contributed by atoms with E-state index in [1.165, 1.54) is 0 Å². The van der Waals surface area contributed by atoms with E-state index in [1.54, 1.807) is 0 Å². The van der Waals surface area contributed by atoms with Gasteiger partial charge in [-0.1, -0.05) is 0 Å². The second kappa shape index (κ2) is 6.50. The van der Waals surface area contributed by atoms with E-state index in [4.69, 9.17) is 5.73 Å². The predicted octanol–water partition coefficient (Wildman–Crippen LogP) is -0.403. The molecule has 2 rings (SSSR count). The van der Waals surface area contributed by atoms with Crippen LogP contribution in [0.15, 0.2) is 0 Å². The van der Waals surface area contributed by atoms with E-state index in [-0.39, 0.29) is 18.1 Å². The molecule has 5 nitrogen and oxygen atoms in total. The number of carbonyl (C=O) groups excluding carboxylic acids is 1. The van der Waals surface area contributed by atoms with Gasteiger partial charge in [-0.3, -0.25) is 9.69 Å². The molecule has 0 bridgehead atoms. The minimum absolute atomic E-state index is 0.117. The molecule has 0 saturated carbocycles. The molecule has 1 unspecified atom stereocenters. The van der Waals surface area contributed by atoms with Crippen LogP contribution in [0.2, 0.25) is 0 Å². The molecule has 1 amide bonds. The average Bonchev–Trinajstić information content (AvgIpc) is 2.38.